The summed E-state index contributed by atoms with van der Waals surface area (Å²) >= 11 is 0. The molecular weight excluding hydrogens is 294 g/mol. The Morgan fingerprint density at radius 3 is 2.48 bits per heavy atom. The van der Waals surface area contributed by atoms with Gasteiger partial charge in [0.15, 0.2) is 0 Å². The largest absolute Gasteiger partial charge is 0.481 e. The lowest BCUT2D eigenvalue weighted by molar-refractivity contribution is -0.141. The van der Waals surface area contributed by atoms with Crippen LogP contribution >= 0.6 is 0 Å². The fourth-order valence-electron chi connectivity index (χ4n) is 3.06. The van der Waals surface area contributed by atoms with Gasteiger partial charge in [0.1, 0.15) is 5.60 Å². The van der Waals surface area contributed by atoms with Crippen molar-refractivity contribution >= 4 is 12.1 Å². The Kier molecular flexibility index (Phi) is 4.97. The third-order valence-electron chi connectivity index (χ3n) is 4.12. The van der Waals surface area contributed by atoms with Crippen molar-refractivity contribution < 1.29 is 19.4 Å². The van der Waals surface area contributed by atoms with Crippen molar-refractivity contribution in [1.82, 2.24) is 4.90 Å². The van der Waals surface area contributed by atoms with E-state index in [1.807, 2.05) is 24.3 Å². The topological polar surface area (TPSA) is 66.8 Å². The van der Waals surface area contributed by atoms with Crippen molar-refractivity contribution in [3.8, 4) is 0 Å². The van der Waals surface area contributed by atoms with Gasteiger partial charge < -0.3 is 14.7 Å². The van der Waals surface area contributed by atoms with Gasteiger partial charge in [-0.3, -0.25) is 4.79 Å². The maximum Gasteiger partial charge on any atom is 0.410 e. The molecule has 1 N–H and O–H groups in total. The average molecular weight is 319 g/mol. The van der Waals surface area contributed by atoms with E-state index in [9.17, 15) is 14.7 Å². The quantitative estimate of drug-likeness (QED) is 0.928. The Hall–Kier alpha value is -2.04. The van der Waals surface area contributed by atoms with E-state index >= 15 is 0 Å². The summed E-state index contributed by atoms with van der Waals surface area (Å²) in [5, 5.41) is 9.56. The lowest BCUT2D eigenvalue weighted by atomic mass is 9.85. The zero-order valence-electron chi connectivity index (χ0n) is 14.2. The summed E-state index contributed by atoms with van der Waals surface area (Å²) < 4.78 is 5.38. The fourth-order valence-corrected chi connectivity index (χ4v) is 3.06. The molecule has 1 heterocycles. The summed E-state index contributed by atoms with van der Waals surface area (Å²) in [6.07, 6.45) is 0.395. The Morgan fingerprint density at radius 1 is 1.26 bits per heavy atom. The first-order chi connectivity index (χ1) is 10.7. The highest BCUT2D eigenvalue weighted by Gasteiger charge is 2.42. The van der Waals surface area contributed by atoms with Crippen LogP contribution in [0.1, 0.15) is 44.7 Å². The molecule has 1 fully saturated rings. The summed E-state index contributed by atoms with van der Waals surface area (Å²) in [6.45, 7) is 8.03. The number of carboxylic acid groups (broad SMARTS) is 1. The van der Waals surface area contributed by atoms with Gasteiger partial charge in [-0.25, -0.2) is 4.79 Å². The van der Waals surface area contributed by atoms with E-state index in [1.54, 1.807) is 20.8 Å². The van der Waals surface area contributed by atoms with Gasteiger partial charge in [0.2, 0.25) is 0 Å². The minimum Gasteiger partial charge on any atom is -0.481 e. The van der Waals surface area contributed by atoms with Crippen LogP contribution in [0.2, 0.25) is 0 Å². The molecule has 0 spiro atoms. The second kappa shape index (κ2) is 6.60. The molecule has 1 aromatic carbocycles. The van der Waals surface area contributed by atoms with Crippen LogP contribution in [-0.4, -0.2) is 40.8 Å². The van der Waals surface area contributed by atoms with Crippen molar-refractivity contribution in [3.05, 3.63) is 35.4 Å². The number of aliphatic carboxylic acids is 1. The number of hydrogen-bond acceptors (Lipinski definition) is 3. The molecule has 2 atom stereocenters. The monoisotopic (exact) mass is 319 g/mol. The van der Waals surface area contributed by atoms with Gasteiger partial charge in [-0.05, 0) is 38.3 Å². The van der Waals surface area contributed by atoms with Crippen molar-refractivity contribution in [2.45, 2.75) is 45.6 Å². The zero-order chi connectivity index (χ0) is 17.2. The minimum atomic E-state index is -0.869. The molecule has 0 radical (unpaired) electrons. The predicted octanol–water partition coefficient (Wildman–Crippen LogP) is 3.28. The smallest absolute Gasteiger partial charge is 0.410 e. The fraction of sp³-hybridized carbons (Fsp3) is 0.556. The number of hydrogen-bond donors (Lipinski definition) is 1. The number of amides is 1. The summed E-state index contributed by atoms with van der Waals surface area (Å²) in [5.41, 5.74) is 1.57. The second-order valence-corrected chi connectivity index (χ2v) is 6.99. The van der Waals surface area contributed by atoms with Crippen LogP contribution in [0.5, 0.6) is 0 Å². The molecule has 1 amide bonds. The van der Waals surface area contributed by atoms with Crippen LogP contribution in [0.3, 0.4) is 0 Å². The average Bonchev–Trinajstić information content (AvgIpc) is 2.90. The molecular formula is C18H25NO4. The highest BCUT2D eigenvalue weighted by Crippen LogP contribution is 2.35. The molecule has 0 bridgehead atoms. The standard InChI is InChI=1S/C18H25NO4/c1-5-12-8-6-7-9-13(12)14-10-19(11-15(14)16(20)21)17(22)23-18(2,3)4/h6-9,14-15H,5,10-11H2,1-4H3,(H,20,21)/t14-,15+/m0/s1. The lowest BCUT2D eigenvalue weighted by Gasteiger charge is -2.24. The molecule has 5 nitrogen and oxygen atoms in total. The highest BCUT2D eigenvalue weighted by atomic mass is 16.6. The molecule has 1 aromatic rings. The molecule has 0 unspecified atom stereocenters. The Labute approximate surface area is 137 Å². The highest BCUT2D eigenvalue weighted by molar-refractivity contribution is 5.76. The maximum absolute atomic E-state index is 12.3. The maximum atomic E-state index is 12.3. The molecule has 126 valence electrons. The van der Waals surface area contributed by atoms with Gasteiger partial charge in [-0.15, -0.1) is 0 Å². The minimum absolute atomic E-state index is 0.187. The van der Waals surface area contributed by atoms with Crippen molar-refractivity contribution in [2.75, 3.05) is 13.1 Å². The van der Waals surface area contributed by atoms with Crippen molar-refractivity contribution in [3.63, 3.8) is 0 Å². The number of nitrogens with zero attached hydrogens (tertiary/aromatic N) is 1. The lowest BCUT2D eigenvalue weighted by Crippen LogP contribution is -2.35. The molecule has 1 aliphatic heterocycles. The van der Waals surface area contributed by atoms with Crippen LogP contribution in [0.15, 0.2) is 24.3 Å². The number of carbonyl (C=O) groups excluding carboxylic acids is 1. The summed E-state index contributed by atoms with van der Waals surface area (Å²) in [5.74, 6) is -1.67. The van der Waals surface area contributed by atoms with Gasteiger partial charge in [0.05, 0.1) is 5.92 Å². The third-order valence-corrected chi connectivity index (χ3v) is 4.12. The van der Waals surface area contributed by atoms with E-state index in [1.165, 1.54) is 4.90 Å². The number of likely N-dealkylation sites (tertiary alicyclic amines) is 1. The van der Waals surface area contributed by atoms with Crippen LogP contribution in [0, 0.1) is 5.92 Å². The van der Waals surface area contributed by atoms with Gasteiger partial charge in [-0.1, -0.05) is 31.2 Å². The SMILES string of the molecule is CCc1ccccc1[C@@H]1CN(C(=O)OC(C)(C)C)C[C@H]1C(=O)O. The summed E-state index contributed by atoms with van der Waals surface area (Å²) in [6, 6.07) is 7.87. The van der Waals surface area contributed by atoms with Crippen LogP contribution in [0.4, 0.5) is 4.79 Å². The van der Waals surface area contributed by atoms with Gasteiger partial charge in [-0.2, -0.15) is 0 Å². The number of benzene rings is 1. The molecule has 0 saturated carbocycles. The van der Waals surface area contributed by atoms with Gasteiger partial charge >= 0.3 is 12.1 Å². The van der Waals surface area contributed by atoms with Crippen LogP contribution < -0.4 is 0 Å². The van der Waals surface area contributed by atoms with E-state index < -0.39 is 23.6 Å². The Bertz CT molecular complexity index is 591. The third kappa shape index (κ3) is 4.03. The first-order valence-corrected chi connectivity index (χ1v) is 8.01. The normalized spacial score (nSPS) is 21.3. The number of aryl methyl sites for hydroxylation is 1. The predicted molar refractivity (Wildman–Crippen MR) is 87.5 cm³/mol. The second-order valence-electron chi connectivity index (χ2n) is 6.99. The first-order valence-electron chi connectivity index (χ1n) is 8.01. The van der Waals surface area contributed by atoms with E-state index in [0.29, 0.717) is 6.54 Å². The molecule has 0 aromatic heterocycles. The number of carbonyl (C=O) groups is 2. The molecule has 1 saturated heterocycles. The van der Waals surface area contributed by atoms with E-state index in [0.717, 1.165) is 17.5 Å². The number of carboxylic acids is 1. The Morgan fingerprint density at radius 2 is 1.91 bits per heavy atom. The van der Waals surface area contributed by atoms with Crippen molar-refractivity contribution in [1.29, 1.82) is 0 Å². The van der Waals surface area contributed by atoms with Crippen molar-refractivity contribution in [2.24, 2.45) is 5.92 Å². The summed E-state index contributed by atoms with van der Waals surface area (Å²) in [4.78, 5) is 25.4. The number of ether oxygens (including phenoxy) is 1. The van der Waals surface area contributed by atoms with E-state index in [-0.39, 0.29) is 12.5 Å². The van der Waals surface area contributed by atoms with Gasteiger partial charge in [0.25, 0.3) is 0 Å². The number of rotatable bonds is 3. The van der Waals surface area contributed by atoms with Crippen LogP contribution in [-0.2, 0) is 16.0 Å². The molecule has 5 heteroatoms. The zero-order valence-corrected chi connectivity index (χ0v) is 14.2. The van der Waals surface area contributed by atoms with Crippen LogP contribution in [0.25, 0.3) is 0 Å². The van der Waals surface area contributed by atoms with E-state index in [2.05, 4.69) is 6.92 Å². The molecule has 2 rings (SSSR count). The first kappa shape index (κ1) is 17.3. The van der Waals surface area contributed by atoms with E-state index in [4.69, 9.17) is 4.74 Å². The molecule has 1 aliphatic rings. The van der Waals surface area contributed by atoms with Gasteiger partial charge in [0, 0.05) is 19.0 Å². The summed E-state index contributed by atoms with van der Waals surface area (Å²) in [7, 11) is 0. The molecule has 23 heavy (non-hydrogen) atoms. The Balaban J connectivity index is 2.25. The molecule has 0 aliphatic carbocycles.